The number of ether oxygens (including phenoxy) is 1. The summed E-state index contributed by atoms with van der Waals surface area (Å²) < 4.78 is 5.10. The number of carbonyl (C=O) groups is 2. The summed E-state index contributed by atoms with van der Waals surface area (Å²) in [5.41, 5.74) is 4.27. The van der Waals surface area contributed by atoms with Crippen molar-refractivity contribution in [2.45, 2.75) is 53.5 Å². The molecule has 1 amide bonds. The Hall–Kier alpha value is -1.88. The van der Waals surface area contributed by atoms with Gasteiger partial charge in [-0.2, -0.15) is 0 Å². The van der Waals surface area contributed by atoms with Crippen LogP contribution < -0.4 is 5.32 Å². The molecule has 0 radical (unpaired) electrons. The fourth-order valence-corrected chi connectivity index (χ4v) is 3.55. The molecule has 1 fully saturated rings. The number of nitrogens with one attached hydrogen (secondary N) is 1. The van der Waals surface area contributed by atoms with Crippen LogP contribution in [0.15, 0.2) is 12.1 Å². The van der Waals surface area contributed by atoms with Crippen LogP contribution >= 0.6 is 0 Å². The molecule has 2 rings (SSSR count). The Kier molecular flexibility index (Phi) is 6.59. The van der Waals surface area contributed by atoms with Crippen molar-refractivity contribution in [2.75, 3.05) is 25.0 Å². The minimum atomic E-state index is -0.219. The maximum Gasteiger partial charge on any atom is 0.309 e. The van der Waals surface area contributed by atoms with E-state index in [0.717, 1.165) is 42.7 Å². The van der Waals surface area contributed by atoms with Crippen molar-refractivity contribution in [3.8, 4) is 0 Å². The smallest absolute Gasteiger partial charge is 0.309 e. The van der Waals surface area contributed by atoms with Crippen molar-refractivity contribution in [2.24, 2.45) is 5.92 Å². The van der Waals surface area contributed by atoms with Crippen molar-refractivity contribution in [1.29, 1.82) is 0 Å². The third-order valence-corrected chi connectivity index (χ3v) is 5.00. The van der Waals surface area contributed by atoms with Gasteiger partial charge in [0.05, 0.1) is 18.6 Å². The van der Waals surface area contributed by atoms with E-state index >= 15 is 0 Å². The Balaban J connectivity index is 1.94. The van der Waals surface area contributed by atoms with Gasteiger partial charge < -0.3 is 10.1 Å². The van der Waals surface area contributed by atoms with Gasteiger partial charge in [-0.3, -0.25) is 14.5 Å². The number of piperidine rings is 1. The molecule has 1 aliphatic heterocycles. The lowest BCUT2D eigenvalue weighted by atomic mass is 9.96. The summed E-state index contributed by atoms with van der Waals surface area (Å²) in [6.45, 7) is 11.8. The monoisotopic (exact) mass is 346 g/mol. The Morgan fingerprint density at radius 3 is 2.28 bits per heavy atom. The standard InChI is InChI=1S/C20H30N2O3/c1-6-25-20(24)17-7-9-22(10-8-17)16(5)19(23)21-18-14(3)11-13(2)12-15(18)4/h11-12,16-17H,6-10H2,1-5H3,(H,21,23). The number of rotatable bonds is 5. The van der Waals surface area contributed by atoms with Gasteiger partial charge in [-0.1, -0.05) is 17.7 Å². The summed E-state index contributed by atoms with van der Waals surface area (Å²) in [5.74, 6) is -0.136. The summed E-state index contributed by atoms with van der Waals surface area (Å²) >= 11 is 0. The van der Waals surface area contributed by atoms with Crippen molar-refractivity contribution < 1.29 is 14.3 Å². The molecule has 1 N–H and O–H groups in total. The van der Waals surface area contributed by atoms with Gasteiger partial charge in [0, 0.05) is 5.69 Å². The topological polar surface area (TPSA) is 58.6 Å². The third-order valence-electron chi connectivity index (χ3n) is 5.00. The molecule has 0 bridgehead atoms. The van der Waals surface area contributed by atoms with Gasteiger partial charge in [-0.05, 0) is 71.7 Å². The molecule has 1 heterocycles. The van der Waals surface area contributed by atoms with Gasteiger partial charge in [0.15, 0.2) is 0 Å². The van der Waals surface area contributed by atoms with E-state index in [-0.39, 0.29) is 23.8 Å². The van der Waals surface area contributed by atoms with Crippen LogP contribution in [-0.2, 0) is 14.3 Å². The number of amides is 1. The molecule has 0 spiro atoms. The lowest BCUT2D eigenvalue weighted by Crippen LogP contribution is -2.47. The number of hydrogen-bond acceptors (Lipinski definition) is 4. The Morgan fingerprint density at radius 2 is 1.76 bits per heavy atom. The number of anilines is 1. The molecule has 1 aliphatic rings. The number of aryl methyl sites for hydroxylation is 3. The SMILES string of the molecule is CCOC(=O)C1CCN(C(C)C(=O)Nc2c(C)cc(C)cc2C)CC1. The average molecular weight is 346 g/mol. The van der Waals surface area contributed by atoms with Crippen LogP contribution in [0.5, 0.6) is 0 Å². The van der Waals surface area contributed by atoms with Crippen LogP contribution in [-0.4, -0.2) is 42.5 Å². The number of hydrogen-bond donors (Lipinski definition) is 1. The number of nitrogens with zero attached hydrogens (tertiary/aromatic N) is 1. The molecular weight excluding hydrogens is 316 g/mol. The average Bonchev–Trinajstić information content (AvgIpc) is 2.57. The minimum absolute atomic E-state index is 0.00429. The Morgan fingerprint density at radius 1 is 1.20 bits per heavy atom. The second-order valence-corrected chi connectivity index (χ2v) is 7.00. The van der Waals surface area contributed by atoms with Crippen molar-refractivity contribution in [3.63, 3.8) is 0 Å². The molecule has 138 valence electrons. The van der Waals surface area contributed by atoms with Crippen molar-refractivity contribution in [3.05, 3.63) is 28.8 Å². The van der Waals surface area contributed by atoms with Crippen molar-refractivity contribution in [1.82, 2.24) is 4.90 Å². The summed E-state index contributed by atoms with van der Waals surface area (Å²) in [5, 5.41) is 3.08. The molecule has 1 unspecified atom stereocenters. The predicted octanol–water partition coefficient (Wildman–Crippen LogP) is 3.21. The molecule has 5 heteroatoms. The van der Waals surface area contributed by atoms with Crippen LogP contribution in [0, 0.1) is 26.7 Å². The molecule has 25 heavy (non-hydrogen) atoms. The van der Waals surface area contributed by atoms with E-state index < -0.39 is 0 Å². The summed E-state index contributed by atoms with van der Waals surface area (Å²) in [4.78, 5) is 26.6. The fraction of sp³-hybridized carbons (Fsp3) is 0.600. The summed E-state index contributed by atoms with van der Waals surface area (Å²) in [7, 11) is 0. The van der Waals surface area contributed by atoms with E-state index in [1.807, 2.05) is 27.7 Å². The van der Waals surface area contributed by atoms with Crippen LogP contribution in [0.2, 0.25) is 0 Å². The highest BCUT2D eigenvalue weighted by Crippen LogP contribution is 2.24. The Labute approximate surface area is 150 Å². The van der Waals surface area contributed by atoms with Gasteiger partial charge in [-0.15, -0.1) is 0 Å². The molecule has 1 aromatic carbocycles. The highest BCUT2D eigenvalue weighted by molar-refractivity contribution is 5.96. The highest BCUT2D eigenvalue weighted by atomic mass is 16.5. The first kappa shape index (κ1) is 19.4. The quantitative estimate of drug-likeness (QED) is 0.832. The van der Waals surface area contributed by atoms with E-state index in [4.69, 9.17) is 4.74 Å². The molecule has 0 aliphatic carbocycles. The van der Waals surface area contributed by atoms with Gasteiger partial charge >= 0.3 is 5.97 Å². The van der Waals surface area contributed by atoms with Gasteiger partial charge in [-0.25, -0.2) is 0 Å². The number of esters is 1. The largest absolute Gasteiger partial charge is 0.466 e. The zero-order valence-electron chi connectivity index (χ0n) is 16.0. The fourth-order valence-electron chi connectivity index (χ4n) is 3.55. The molecule has 5 nitrogen and oxygen atoms in total. The van der Waals surface area contributed by atoms with Gasteiger partial charge in [0.25, 0.3) is 0 Å². The molecule has 0 saturated carbocycles. The lowest BCUT2D eigenvalue weighted by Gasteiger charge is -2.34. The van der Waals surface area contributed by atoms with Crippen molar-refractivity contribution >= 4 is 17.6 Å². The second kappa shape index (κ2) is 8.48. The second-order valence-electron chi connectivity index (χ2n) is 7.00. The molecular formula is C20H30N2O3. The Bertz CT molecular complexity index is 611. The zero-order chi connectivity index (χ0) is 18.6. The van der Waals surface area contributed by atoms with Crippen LogP contribution in [0.25, 0.3) is 0 Å². The number of likely N-dealkylation sites (tertiary alicyclic amines) is 1. The number of carbonyl (C=O) groups excluding carboxylic acids is 2. The first-order chi connectivity index (χ1) is 11.8. The molecule has 1 aromatic rings. The normalized spacial score (nSPS) is 17.2. The highest BCUT2D eigenvalue weighted by Gasteiger charge is 2.30. The molecule has 1 atom stereocenters. The third kappa shape index (κ3) is 4.82. The molecule has 0 aromatic heterocycles. The van der Waals surface area contributed by atoms with Crippen LogP contribution in [0.1, 0.15) is 43.4 Å². The summed E-state index contributed by atoms with van der Waals surface area (Å²) in [6, 6.07) is 3.94. The number of benzene rings is 1. The van der Waals surface area contributed by atoms with Crippen LogP contribution in [0.4, 0.5) is 5.69 Å². The minimum Gasteiger partial charge on any atom is -0.466 e. The van der Waals surface area contributed by atoms with E-state index in [2.05, 4.69) is 29.3 Å². The van der Waals surface area contributed by atoms with E-state index in [0.29, 0.717) is 6.61 Å². The maximum atomic E-state index is 12.7. The van der Waals surface area contributed by atoms with Gasteiger partial charge in [0.2, 0.25) is 5.91 Å². The predicted molar refractivity (Wildman–Crippen MR) is 99.7 cm³/mol. The van der Waals surface area contributed by atoms with Crippen LogP contribution in [0.3, 0.4) is 0 Å². The molecule has 1 saturated heterocycles. The first-order valence-electron chi connectivity index (χ1n) is 9.12. The van der Waals surface area contributed by atoms with E-state index in [9.17, 15) is 9.59 Å². The maximum absolute atomic E-state index is 12.7. The first-order valence-corrected chi connectivity index (χ1v) is 9.12. The zero-order valence-corrected chi connectivity index (χ0v) is 16.0. The van der Waals surface area contributed by atoms with E-state index in [1.165, 1.54) is 5.56 Å². The summed E-state index contributed by atoms with van der Waals surface area (Å²) in [6.07, 6.45) is 1.50. The van der Waals surface area contributed by atoms with E-state index in [1.54, 1.807) is 0 Å². The van der Waals surface area contributed by atoms with Gasteiger partial charge in [0.1, 0.15) is 0 Å². The lowest BCUT2D eigenvalue weighted by molar-refractivity contribution is -0.149.